The Morgan fingerprint density at radius 2 is 2.13 bits per heavy atom. The SMILES string of the molecule is Cc1cc(C(=O)c2ccccc2N)sn1. The number of rotatable bonds is 2. The molecule has 1 aromatic heterocycles. The maximum atomic E-state index is 12.0. The molecule has 0 bridgehead atoms. The average Bonchev–Trinajstić information content (AvgIpc) is 2.65. The molecule has 0 unspecified atom stereocenters. The van der Waals surface area contributed by atoms with E-state index in [9.17, 15) is 4.79 Å². The number of aryl methyl sites for hydroxylation is 1. The Kier molecular flexibility index (Phi) is 2.51. The molecule has 0 saturated carbocycles. The number of nitrogens with two attached hydrogens (primary N) is 1. The van der Waals surface area contributed by atoms with Crippen LogP contribution in [0.25, 0.3) is 0 Å². The number of hydrogen-bond donors (Lipinski definition) is 1. The molecule has 2 rings (SSSR count). The van der Waals surface area contributed by atoms with E-state index in [0.717, 1.165) is 5.69 Å². The van der Waals surface area contributed by atoms with Crippen molar-refractivity contribution in [3.8, 4) is 0 Å². The van der Waals surface area contributed by atoms with Gasteiger partial charge in [-0.2, -0.15) is 4.37 Å². The molecule has 3 nitrogen and oxygen atoms in total. The van der Waals surface area contributed by atoms with Crippen LogP contribution in [-0.4, -0.2) is 10.2 Å². The van der Waals surface area contributed by atoms with E-state index in [1.54, 1.807) is 24.3 Å². The summed E-state index contributed by atoms with van der Waals surface area (Å²) in [7, 11) is 0. The van der Waals surface area contributed by atoms with Crippen LogP contribution in [0.2, 0.25) is 0 Å². The van der Waals surface area contributed by atoms with Crippen LogP contribution in [0, 0.1) is 6.92 Å². The minimum atomic E-state index is -0.0568. The van der Waals surface area contributed by atoms with Crippen molar-refractivity contribution in [3.05, 3.63) is 46.5 Å². The third kappa shape index (κ3) is 1.89. The second-order valence-electron chi connectivity index (χ2n) is 3.25. The Hall–Kier alpha value is -1.68. The molecule has 1 heterocycles. The summed E-state index contributed by atoms with van der Waals surface area (Å²) < 4.78 is 4.07. The van der Waals surface area contributed by atoms with Gasteiger partial charge in [0.2, 0.25) is 5.78 Å². The Balaban J connectivity index is 2.41. The third-order valence-electron chi connectivity index (χ3n) is 2.06. The van der Waals surface area contributed by atoms with E-state index >= 15 is 0 Å². The number of ketones is 1. The minimum Gasteiger partial charge on any atom is -0.398 e. The van der Waals surface area contributed by atoms with Crippen molar-refractivity contribution in [2.45, 2.75) is 6.92 Å². The summed E-state index contributed by atoms with van der Waals surface area (Å²) in [5.74, 6) is -0.0568. The Labute approximate surface area is 91.7 Å². The lowest BCUT2D eigenvalue weighted by Gasteiger charge is -2.00. The fourth-order valence-corrected chi connectivity index (χ4v) is 2.02. The number of nitrogens with zero attached hydrogens (tertiary/aromatic N) is 1. The zero-order valence-electron chi connectivity index (χ0n) is 8.23. The maximum Gasteiger partial charge on any atom is 0.206 e. The predicted molar refractivity (Wildman–Crippen MR) is 61.1 cm³/mol. The zero-order valence-corrected chi connectivity index (χ0v) is 9.04. The van der Waals surface area contributed by atoms with Gasteiger partial charge in [-0.3, -0.25) is 4.79 Å². The molecule has 4 heteroatoms. The molecule has 0 atom stereocenters. The standard InChI is InChI=1S/C11H10N2OS/c1-7-6-10(15-13-7)11(14)8-4-2-3-5-9(8)12/h2-6H,12H2,1H3. The van der Waals surface area contributed by atoms with Gasteiger partial charge >= 0.3 is 0 Å². The molecule has 0 aliphatic heterocycles. The topological polar surface area (TPSA) is 56.0 Å². The first-order valence-corrected chi connectivity index (χ1v) is 5.28. The van der Waals surface area contributed by atoms with Gasteiger partial charge in [0.05, 0.1) is 10.6 Å². The molecule has 76 valence electrons. The number of benzene rings is 1. The maximum absolute atomic E-state index is 12.0. The van der Waals surface area contributed by atoms with Crippen LogP contribution in [-0.2, 0) is 0 Å². The van der Waals surface area contributed by atoms with Crippen LogP contribution in [0.3, 0.4) is 0 Å². The fourth-order valence-electron chi connectivity index (χ4n) is 1.31. The summed E-state index contributed by atoms with van der Waals surface area (Å²) in [6.45, 7) is 1.86. The van der Waals surface area contributed by atoms with Crippen LogP contribution in [0.4, 0.5) is 5.69 Å². The monoisotopic (exact) mass is 218 g/mol. The number of anilines is 1. The lowest BCUT2D eigenvalue weighted by molar-refractivity contribution is 0.104. The Morgan fingerprint density at radius 3 is 2.73 bits per heavy atom. The quantitative estimate of drug-likeness (QED) is 0.621. The first-order chi connectivity index (χ1) is 7.18. The van der Waals surface area contributed by atoms with Crippen LogP contribution >= 0.6 is 11.5 Å². The largest absolute Gasteiger partial charge is 0.398 e. The molecule has 2 aromatic rings. The summed E-state index contributed by atoms with van der Waals surface area (Å²) in [4.78, 5) is 12.6. The molecule has 0 radical (unpaired) electrons. The van der Waals surface area contributed by atoms with Crippen LogP contribution < -0.4 is 5.73 Å². The van der Waals surface area contributed by atoms with Crippen molar-refractivity contribution in [2.24, 2.45) is 0 Å². The molecule has 0 saturated heterocycles. The number of carbonyl (C=O) groups excluding carboxylic acids is 1. The predicted octanol–water partition coefficient (Wildman–Crippen LogP) is 2.26. The van der Waals surface area contributed by atoms with E-state index in [0.29, 0.717) is 16.1 Å². The second kappa shape index (κ2) is 3.82. The molecular formula is C11H10N2OS. The van der Waals surface area contributed by atoms with E-state index in [2.05, 4.69) is 4.37 Å². The van der Waals surface area contributed by atoms with E-state index < -0.39 is 0 Å². The summed E-state index contributed by atoms with van der Waals surface area (Å²) >= 11 is 1.21. The van der Waals surface area contributed by atoms with Crippen molar-refractivity contribution in [1.82, 2.24) is 4.37 Å². The van der Waals surface area contributed by atoms with Gasteiger partial charge in [-0.1, -0.05) is 12.1 Å². The highest BCUT2D eigenvalue weighted by Gasteiger charge is 2.13. The van der Waals surface area contributed by atoms with Gasteiger partial charge in [-0.15, -0.1) is 0 Å². The Bertz CT molecular complexity index is 505. The highest BCUT2D eigenvalue weighted by molar-refractivity contribution is 7.08. The van der Waals surface area contributed by atoms with Crippen molar-refractivity contribution in [3.63, 3.8) is 0 Å². The van der Waals surface area contributed by atoms with E-state index in [1.807, 2.05) is 13.0 Å². The van der Waals surface area contributed by atoms with Gasteiger partial charge in [-0.05, 0) is 36.7 Å². The molecule has 0 aliphatic carbocycles. The highest BCUT2D eigenvalue weighted by atomic mass is 32.1. The van der Waals surface area contributed by atoms with Crippen molar-refractivity contribution < 1.29 is 4.79 Å². The molecular weight excluding hydrogens is 208 g/mol. The zero-order chi connectivity index (χ0) is 10.8. The van der Waals surface area contributed by atoms with Crippen molar-refractivity contribution in [1.29, 1.82) is 0 Å². The normalized spacial score (nSPS) is 10.2. The second-order valence-corrected chi connectivity index (χ2v) is 4.05. The van der Waals surface area contributed by atoms with Crippen molar-refractivity contribution >= 4 is 23.0 Å². The van der Waals surface area contributed by atoms with Gasteiger partial charge in [0.25, 0.3) is 0 Å². The molecule has 0 amide bonds. The molecule has 0 spiro atoms. The summed E-state index contributed by atoms with van der Waals surface area (Å²) in [5.41, 5.74) is 7.64. The van der Waals surface area contributed by atoms with Gasteiger partial charge in [0.1, 0.15) is 0 Å². The summed E-state index contributed by atoms with van der Waals surface area (Å²) in [6, 6.07) is 8.84. The lowest BCUT2D eigenvalue weighted by Crippen LogP contribution is -2.02. The molecule has 2 N–H and O–H groups in total. The number of nitrogen functional groups attached to an aromatic ring is 1. The first-order valence-electron chi connectivity index (χ1n) is 4.51. The van der Waals surface area contributed by atoms with Gasteiger partial charge in [0, 0.05) is 11.3 Å². The molecule has 1 aromatic carbocycles. The summed E-state index contributed by atoms with van der Waals surface area (Å²) in [5, 5.41) is 0. The minimum absolute atomic E-state index is 0.0568. The molecule has 0 aliphatic rings. The van der Waals surface area contributed by atoms with Crippen molar-refractivity contribution in [2.75, 3.05) is 5.73 Å². The number of hydrogen-bond acceptors (Lipinski definition) is 4. The van der Waals surface area contributed by atoms with Gasteiger partial charge in [0.15, 0.2) is 0 Å². The van der Waals surface area contributed by atoms with Gasteiger partial charge in [-0.25, -0.2) is 0 Å². The lowest BCUT2D eigenvalue weighted by atomic mass is 10.1. The first kappa shape index (κ1) is 9.86. The van der Waals surface area contributed by atoms with E-state index in [1.165, 1.54) is 11.5 Å². The van der Waals surface area contributed by atoms with Crippen LogP contribution in [0.5, 0.6) is 0 Å². The number of aromatic nitrogens is 1. The molecule has 15 heavy (non-hydrogen) atoms. The average molecular weight is 218 g/mol. The summed E-state index contributed by atoms with van der Waals surface area (Å²) in [6.07, 6.45) is 0. The number of carbonyl (C=O) groups is 1. The van der Waals surface area contributed by atoms with E-state index in [4.69, 9.17) is 5.73 Å². The van der Waals surface area contributed by atoms with Gasteiger partial charge < -0.3 is 5.73 Å². The number of para-hydroxylation sites is 1. The molecule has 0 fully saturated rings. The Morgan fingerprint density at radius 1 is 1.40 bits per heavy atom. The fraction of sp³-hybridized carbons (Fsp3) is 0.0909. The van der Waals surface area contributed by atoms with E-state index in [-0.39, 0.29) is 5.78 Å². The highest BCUT2D eigenvalue weighted by Crippen LogP contribution is 2.19. The van der Waals surface area contributed by atoms with Crippen LogP contribution in [0.1, 0.15) is 20.9 Å². The smallest absolute Gasteiger partial charge is 0.206 e. The third-order valence-corrected chi connectivity index (χ3v) is 2.94. The van der Waals surface area contributed by atoms with Crippen LogP contribution in [0.15, 0.2) is 30.3 Å².